The van der Waals surface area contributed by atoms with Gasteiger partial charge in [0.2, 0.25) is 0 Å². The van der Waals surface area contributed by atoms with E-state index < -0.39 is 0 Å². The Hall–Kier alpha value is -0.530. The van der Waals surface area contributed by atoms with Crippen molar-refractivity contribution < 1.29 is 0 Å². The second-order valence-corrected chi connectivity index (χ2v) is 4.48. The van der Waals surface area contributed by atoms with Crippen LogP contribution in [-0.4, -0.2) is 13.1 Å². The molecule has 0 aromatic heterocycles. The number of piperidine rings is 1. The monoisotopic (exact) mass is 209 g/mol. The molecule has 1 N–H and O–H groups in total. The molecule has 1 saturated heterocycles. The van der Waals surface area contributed by atoms with Gasteiger partial charge in [0.15, 0.2) is 0 Å². The summed E-state index contributed by atoms with van der Waals surface area (Å²) in [6.07, 6.45) is 2.52. The summed E-state index contributed by atoms with van der Waals surface area (Å²) in [4.78, 5) is 0. The molecule has 1 nitrogen and oxygen atoms in total. The Morgan fingerprint density at radius 3 is 2.93 bits per heavy atom. The smallest absolute Gasteiger partial charge is 0.0443 e. The molecule has 0 aliphatic carbocycles. The van der Waals surface area contributed by atoms with Gasteiger partial charge in [-0.2, -0.15) is 0 Å². The van der Waals surface area contributed by atoms with Gasteiger partial charge in [-0.05, 0) is 49.4 Å². The quantitative estimate of drug-likeness (QED) is 0.750. The Morgan fingerprint density at radius 1 is 1.43 bits per heavy atom. The Balaban J connectivity index is 2.22. The summed E-state index contributed by atoms with van der Waals surface area (Å²) in [6.45, 7) is 4.30. The molecule has 0 saturated carbocycles. The van der Waals surface area contributed by atoms with Crippen molar-refractivity contribution in [3.63, 3.8) is 0 Å². The Bertz CT molecular complexity index is 316. The molecule has 14 heavy (non-hydrogen) atoms. The van der Waals surface area contributed by atoms with Crippen molar-refractivity contribution in [2.75, 3.05) is 13.1 Å². The highest BCUT2D eigenvalue weighted by molar-refractivity contribution is 6.31. The van der Waals surface area contributed by atoms with Crippen LogP contribution in [0, 0.1) is 6.92 Å². The predicted octanol–water partition coefficient (Wildman–Crippen LogP) is 3.12. The lowest BCUT2D eigenvalue weighted by atomic mass is 9.91. The van der Waals surface area contributed by atoms with Gasteiger partial charge >= 0.3 is 0 Å². The minimum absolute atomic E-state index is 0.608. The van der Waals surface area contributed by atoms with E-state index >= 15 is 0 Å². The number of halogens is 1. The summed E-state index contributed by atoms with van der Waals surface area (Å²) in [6, 6.07) is 6.39. The summed E-state index contributed by atoms with van der Waals surface area (Å²) in [5.41, 5.74) is 2.55. The maximum absolute atomic E-state index is 6.24. The molecule has 1 fully saturated rings. The minimum Gasteiger partial charge on any atom is -0.316 e. The number of nitrogens with one attached hydrogen (secondary N) is 1. The van der Waals surface area contributed by atoms with Crippen LogP contribution in [0.3, 0.4) is 0 Å². The molecule has 0 radical (unpaired) electrons. The van der Waals surface area contributed by atoms with Gasteiger partial charge in [0, 0.05) is 11.6 Å². The Labute approximate surface area is 90.5 Å². The van der Waals surface area contributed by atoms with Crippen molar-refractivity contribution in [2.45, 2.75) is 25.7 Å². The van der Waals surface area contributed by atoms with Crippen LogP contribution in [0.4, 0.5) is 0 Å². The van der Waals surface area contributed by atoms with Crippen LogP contribution in [0.5, 0.6) is 0 Å². The van der Waals surface area contributed by atoms with Crippen molar-refractivity contribution in [1.82, 2.24) is 5.32 Å². The highest BCUT2D eigenvalue weighted by Crippen LogP contribution is 2.29. The standard InChI is InChI=1S/C12H16ClN/c1-9-4-5-11(12(13)7-9)10-3-2-6-14-8-10/h4-5,7,10,14H,2-3,6,8H2,1H3/t10-/m1/s1. The first-order valence-corrected chi connectivity index (χ1v) is 5.62. The summed E-state index contributed by atoms with van der Waals surface area (Å²) in [5, 5.41) is 4.35. The van der Waals surface area contributed by atoms with E-state index in [1.807, 2.05) is 0 Å². The van der Waals surface area contributed by atoms with Crippen LogP contribution in [0.2, 0.25) is 5.02 Å². The molecule has 1 aromatic carbocycles. The highest BCUT2D eigenvalue weighted by Gasteiger charge is 2.17. The van der Waals surface area contributed by atoms with E-state index in [1.165, 1.54) is 24.0 Å². The average Bonchev–Trinajstić information content (AvgIpc) is 2.19. The zero-order chi connectivity index (χ0) is 9.97. The molecular formula is C12H16ClN. The number of aryl methyl sites for hydroxylation is 1. The zero-order valence-corrected chi connectivity index (χ0v) is 9.27. The summed E-state index contributed by atoms with van der Waals surface area (Å²) in [5.74, 6) is 0.608. The van der Waals surface area contributed by atoms with E-state index in [0.29, 0.717) is 5.92 Å². The Morgan fingerprint density at radius 2 is 2.29 bits per heavy atom. The molecule has 0 spiro atoms. The maximum atomic E-state index is 6.24. The lowest BCUT2D eigenvalue weighted by Gasteiger charge is -2.24. The largest absolute Gasteiger partial charge is 0.316 e. The second-order valence-electron chi connectivity index (χ2n) is 4.07. The van der Waals surface area contributed by atoms with Crippen LogP contribution in [0.1, 0.15) is 29.9 Å². The first-order chi connectivity index (χ1) is 6.77. The fourth-order valence-corrected chi connectivity index (χ4v) is 2.47. The molecular weight excluding hydrogens is 194 g/mol. The van der Waals surface area contributed by atoms with Crippen molar-refractivity contribution in [2.24, 2.45) is 0 Å². The van der Waals surface area contributed by atoms with Crippen molar-refractivity contribution in [1.29, 1.82) is 0 Å². The third-order valence-electron chi connectivity index (χ3n) is 2.89. The van der Waals surface area contributed by atoms with E-state index in [-0.39, 0.29) is 0 Å². The van der Waals surface area contributed by atoms with Gasteiger partial charge < -0.3 is 5.32 Å². The molecule has 1 atom stereocenters. The van der Waals surface area contributed by atoms with Crippen LogP contribution in [0.15, 0.2) is 18.2 Å². The normalized spacial score (nSPS) is 22.3. The number of rotatable bonds is 1. The third-order valence-corrected chi connectivity index (χ3v) is 3.22. The van der Waals surface area contributed by atoms with Crippen molar-refractivity contribution in [3.8, 4) is 0 Å². The summed E-state index contributed by atoms with van der Waals surface area (Å²) >= 11 is 6.24. The first-order valence-electron chi connectivity index (χ1n) is 5.24. The van der Waals surface area contributed by atoms with Crippen molar-refractivity contribution >= 4 is 11.6 Å². The van der Waals surface area contributed by atoms with Crippen LogP contribution >= 0.6 is 11.6 Å². The molecule has 0 bridgehead atoms. The fraction of sp³-hybridized carbons (Fsp3) is 0.500. The highest BCUT2D eigenvalue weighted by atomic mass is 35.5. The van der Waals surface area contributed by atoms with E-state index in [1.54, 1.807) is 0 Å². The lowest BCUT2D eigenvalue weighted by molar-refractivity contribution is 0.462. The summed E-state index contributed by atoms with van der Waals surface area (Å²) < 4.78 is 0. The number of hydrogen-bond donors (Lipinski definition) is 1. The van der Waals surface area contributed by atoms with Crippen LogP contribution < -0.4 is 5.32 Å². The van der Waals surface area contributed by atoms with E-state index in [4.69, 9.17) is 11.6 Å². The Kier molecular flexibility index (Phi) is 3.09. The molecule has 1 aromatic rings. The molecule has 0 unspecified atom stereocenters. The van der Waals surface area contributed by atoms with Gasteiger partial charge in [0.1, 0.15) is 0 Å². The second kappa shape index (κ2) is 4.33. The van der Waals surface area contributed by atoms with E-state index in [9.17, 15) is 0 Å². The number of hydrogen-bond acceptors (Lipinski definition) is 1. The molecule has 1 aliphatic heterocycles. The number of benzene rings is 1. The maximum Gasteiger partial charge on any atom is 0.0443 e. The van der Waals surface area contributed by atoms with Gasteiger partial charge in [0.25, 0.3) is 0 Å². The van der Waals surface area contributed by atoms with Crippen LogP contribution in [0.25, 0.3) is 0 Å². The van der Waals surface area contributed by atoms with Gasteiger partial charge in [-0.25, -0.2) is 0 Å². The molecule has 2 heteroatoms. The van der Waals surface area contributed by atoms with E-state index in [2.05, 4.69) is 30.4 Å². The molecule has 2 rings (SSSR count). The molecule has 1 aliphatic rings. The fourth-order valence-electron chi connectivity index (χ4n) is 2.08. The van der Waals surface area contributed by atoms with Gasteiger partial charge in [-0.1, -0.05) is 23.7 Å². The van der Waals surface area contributed by atoms with Gasteiger partial charge in [0.05, 0.1) is 0 Å². The lowest BCUT2D eigenvalue weighted by Crippen LogP contribution is -2.28. The average molecular weight is 210 g/mol. The van der Waals surface area contributed by atoms with Crippen LogP contribution in [-0.2, 0) is 0 Å². The van der Waals surface area contributed by atoms with Gasteiger partial charge in [-0.3, -0.25) is 0 Å². The first kappa shape index (κ1) is 10.0. The SMILES string of the molecule is Cc1ccc([C@@H]2CCCNC2)c(Cl)c1. The summed E-state index contributed by atoms with van der Waals surface area (Å²) in [7, 11) is 0. The third kappa shape index (κ3) is 2.10. The minimum atomic E-state index is 0.608. The topological polar surface area (TPSA) is 12.0 Å². The zero-order valence-electron chi connectivity index (χ0n) is 8.52. The molecule has 0 amide bonds. The van der Waals surface area contributed by atoms with E-state index in [0.717, 1.165) is 18.1 Å². The van der Waals surface area contributed by atoms with Gasteiger partial charge in [-0.15, -0.1) is 0 Å². The predicted molar refractivity (Wildman–Crippen MR) is 61.0 cm³/mol. The van der Waals surface area contributed by atoms with Crippen molar-refractivity contribution in [3.05, 3.63) is 34.3 Å². The molecule has 1 heterocycles. The molecule has 76 valence electrons.